The molecule has 0 radical (unpaired) electrons. The Morgan fingerprint density at radius 3 is 2.56 bits per heavy atom. The molecule has 7 nitrogen and oxygen atoms in total. The zero-order valence-corrected chi connectivity index (χ0v) is 15.5. The first kappa shape index (κ1) is 19.4. The minimum absolute atomic E-state index is 0.133. The van der Waals surface area contributed by atoms with Crippen LogP contribution in [0.5, 0.6) is 0 Å². The van der Waals surface area contributed by atoms with E-state index in [9.17, 15) is 22.0 Å². The number of halogens is 2. The lowest BCUT2D eigenvalue weighted by Gasteiger charge is -2.30. The van der Waals surface area contributed by atoms with E-state index < -0.39 is 21.7 Å². The second-order valence-electron chi connectivity index (χ2n) is 6.33. The highest BCUT2D eigenvalue weighted by Gasteiger charge is 2.32. The summed E-state index contributed by atoms with van der Waals surface area (Å²) in [5.74, 6) is -2.82. The highest BCUT2D eigenvalue weighted by Crippen LogP contribution is 2.25. The van der Waals surface area contributed by atoms with Gasteiger partial charge in [0, 0.05) is 31.7 Å². The molecule has 2 heterocycles. The lowest BCUT2D eigenvalue weighted by molar-refractivity contribution is -0.120. The Bertz CT molecular complexity index is 937. The maximum atomic E-state index is 13.4. The summed E-state index contributed by atoms with van der Waals surface area (Å²) in [5, 5.41) is 6.86. The van der Waals surface area contributed by atoms with E-state index in [-0.39, 0.29) is 29.8 Å². The standard InChI is InChI=1S/C17H20F2N4O3S/c1-2-22-11-13(10-20-22)21-17(24)12-5-7-23(8-6-12)27(25,26)14-3-4-15(18)16(19)9-14/h3-4,9-12H,2,5-8H2,1H3,(H,21,24). The van der Waals surface area contributed by atoms with Gasteiger partial charge >= 0.3 is 0 Å². The van der Waals surface area contributed by atoms with Gasteiger partial charge in [0.25, 0.3) is 0 Å². The van der Waals surface area contributed by atoms with Gasteiger partial charge in [-0.3, -0.25) is 9.48 Å². The summed E-state index contributed by atoms with van der Waals surface area (Å²) >= 11 is 0. The van der Waals surface area contributed by atoms with Crippen LogP contribution in [0.3, 0.4) is 0 Å². The van der Waals surface area contributed by atoms with Gasteiger partial charge in [-0.25, -0.2) is 17.2 Å². The Morgan fingerprint density at radius 2 is 1.96 bits per heavy atom. The molecule has 146 valence electrons. The van der Waals surface area contributed by atoms with Crippen molar-refractivity contribution in [2.45, 2.75) is 31.2 Å². The lowest BCUT2D eigenvalue weighted by atomic mass is 9.97. The van der Waals surface area contributed by atoms with Crippen LogP contribution in [0.4, 0.5) is 14.5 Å². The number of benzene rings is 1. The number of anilines is 1. The molecule has 1 N–H and O–H groups in total. The van der Waals surface area contributed by atoms with Crippen LogP contribution in [-0.4, -0.2) is 41.5 Å². The monoisotopic (exact) mass is 398 g/mol. The van der Waals surface area contributed by atoms with Gasteiger partial charge < -0.3 is 5.32 Å². The van der Waals surface area contributed by atoms with E-state index in [1.165, 1.54) is 4.31 Å². The SMILES string of the molecule is CCn1cc(NC(=O)C2CCN(S(=O)(=O)c3ccc(F)c(F)c3)CC2)cn1. The third-order valence-corrected chi connectivity index (χ3v) is 6.47. The summed E-state index contributed by atoms with van der Waals surface area (Å²) in [6.45, 7) is 2.89. The Hall–Kier alpha value is -2.33. The van der Waals surface area contributed by atoms with Crippen molar-refractivity contribution < 1.29 is 22.0 Å². The molecule has 1 saturated heterocycles. The summed E-state index contributed by atoms with van der Waals surface area (Å²) in [4.78, 5) is 12.1. The van der Waals surface area contributed by atoms with Crippen molar-refractivity contribution >= 4 is 21.6 Å². The molecule has 0 aliphatic carbocycles. The third-order valence-electron chi connectivity index (χ3n) is 4.58. The minimum atomic E-state index is -3.93. The number of hydrogen-bond donors (Lipinski definition) is 1. The fraction of sp³-hybridized carbons (Fsp3) is 0.412. The first-order valence-corrected chi connectivity index (χ1v) is 10.0. The number of carbonyl (C=O) groups excluding carboxylic acids is 1. The van der Waals surface area contributed by atoms with E-state index in [1.54, 1.807) is 17.1 Å². The highest BCUT2D eigenvalue weighted by molar-refractivity contribution is 7.89. The summed E-state index contributed by atoms with van der Waals surface area (Å²) in [5.41, 5.74) is 0.596. The summed E-state index contributed by atoms with van der Waals surface area (Å²) < 4.78 is 54.4. The Kier molecular flexibility index (Phi) is 5.56. The Labute approximate surface area is 156 Å². The maximum Gasteiger partial charge on any atom is 0.243 e. The van der Waals surface area contributed by atoms with Crippen LogP contribution < -0.4 is 5.32 Å². The Balaban J connectivity index is 1.62. The molecule has 27 heavy (non-hydrogen) atoms. The minimum Gasteiger partial charge on any atom is -0.323 e. The number of amides is 1. The first-order valence-electron chi connectivity index (χ1n) is 8.59. The molecule has 1 aliphatic rings. The Morgan fingerprint density at radius 1 is 1.26 bits per heavy atom. The smallest absolute Gasteiger partial charge is 0.243 e. The summed E-state index contributed by atoms with van der Waals surface area (Å²) in [6, 6.07) is 2.51. The van der Waals surface area contributed by atoms with Crippen molar-refractivity contribution in [2.24, 2.45) is 5.92 Å². The van der Waals surface area contributed by atoms with Crippen LogP contribution >= 0.6 is 0 Å². The molecule has 0 unspecified atom stereocenters. The predicted octanol–water partition coefficient (Wildman–Crippen LogP) is 2.22. The number of hydrogen-bond acceptors (Lipinski definition) is 4. The van der Waals surface area contributed by atoms with Gasteiger partial charge in [0.1, 0.15) is 0 Å². The number of sulfonamides is 1. The zero-order chi connectivity index (χ0) is 19.6. The average Bonchev–Trinajstić information content (AvgIpc) is 3.11. The molecule has 3 rings (SSSR count). The van der Waals surface area contributed by atoms with Crippen molar-refractivity contribution in [1.29, 1.82) is 0 Å². The lowest BCUT2D eigenvalue weighted by Crippen LogP contribution is -2.41. The molecule has 0 bridgehead atoms. The molecule has 2 aromatic rings. The van der Waals surface area contributed by atoms with Gasteiger partial charge in [0.15, 0.2) is 11.6 Å². The molecular formula is C17H20F2N4O3S. The van der Waals surface area contributed by atoms with Gasteiger partial charge in [0.2, 0.25) is 15.9 Å². The molecule has 0 saturated carbocycles. The number of nitrogens with zero attached hydrogens (tertiary/aromatic N) is 3. The van der Waals surface area contributed by atoms with Crippen LogP contribution in [-0.2, 0) is 21.4 Å². The van der Waals surface area contributed by atoms with Gasteiger partial charge in [-0.05, 0) is 38.0 Å². The number of piperidine rings is 1. The molecule has 0 spiro atoms. The van der Waals surface area contributed by atoms with E-state index in [0.717, 1.165) is 12.1 Å². The van der Waals surface area contributed by atoms with Crippen molar-refractivity contribution in [1.82, 2.24) is 14.1 Å². The largest absolute Gasteiger partial charge is 0.323 e. The second-order valence-corrected chi connectivity index (χ2v) is 8.27. The van der Waals surface area contributed by atoms with Crippen molar-refractivity contribution in [3.05, 3.63) is 42.2 Å². The van der Waals surface area contributed by atoms with Gasteiger partial charge in [-0.1, -0.05) is 0 Å². The van der Waals surface area contributed by atoms with E-state index in [1.807, 2.05) is 6.92 Å². The fourth-order valence-corrected chi connectivity index (χ4v) is 4.47. The molecule has 1 aliphatic heterocycles. The fourth-order valence-electron chi connectivity index (χ4n) is 2.99. The van der Waals surface area contributed by atoms with Crippen LogP contribution in [0.1, 0.15) is 19.8 Å². The number of rotatable bonds is 5. The number of nitrogens with one attached hydrogen (secondary N) is 1. The third kappa shape index (κ3) is 4.16. The predicted molar refractivity (Wildman–Crippen MR) is 94.4 cm³/mol. The number of aryl methyl sites for hydroxylation is 1. The molecular weight excluding hydrogens is 378 g/mol. The van der Waals surface area contributed by atoms with Crippen molar-refractivity contribution in [2.75, 3.05) is 18.4 Å². The molecule has 1 amide bonds. The molecule has 1 aromatic carbocycles. The molecule has 10 heteroatoms. The maximum absolute atomic E-state index is 13.4. The topological polar surface area (TPSA) is 84.3 Å². The molecule has 0 atom stereocenters. The zero-order valence-electron chi connectivity index (χ0n) is 14.7. The van der Waals surface area contributed by atoms with E-state index >= 15 is 0 Å². The summed E-state index contributed by atoms with van der Waals surface area (Å²) in [7, 11) is -3.93. The van der Waals surface area contributed by atoms with Crippen LogP contribution in [0.2, 0.25) is 0 Å². The van der Waals surface area contributed by atoms with E-state index in [4.69, 9.17) is 0 Å². The second kappa shape index (κ2) is 7.73. The number of aromatic nitrogens is 2. The van der Waals surface area contributed by atoms with Crippen molar-refractivity contribution in [3.63, 3.8) is 0 Å². The van der Waals surface area contributed by atoms with E-state index in [2.05, 4.69) is 10.4 Å². The highest BCUT2D eigenvalue weighted by atomic mass is 32.2. The number of carbonyl (C=O) groups is 1. The quantitative estimate of drug-likeness (QED) is 0.837. The van der Waals surface area contributed by atoms with Crippen LogP contribution in [0.25, 0.3) is 0 Å². The average molecular weight is 398 g/mol. The normalized spacial score (nSPS) is 16.4. The van der Waals surface area contributed by atoms with Crippen molar-refractivity contribution in [3.8, 4) is 0 Å². The van der Waals surface area contributed by atoms with Gasteiger partial charge in [0.05, 0.1) is 16.8 Å². The van der Waals surface area contributed by atoms with E-state index in [0.29, 0.717) is 31.1 Å². The molecule has 1 aromatic heterocycles. The molecule has 1 fully saturated rings. The first-order chi connectivity index (χ1) is 12.8. The van der Waals surface area contributed by atoms with Gasteiger partial charge in [-0.15, -0.1) is 0 Å². The van der Waals surface area contributed by atoms with Crippen LogP contribution in [0, 0.1) is 17.6 Å². The summed E-state index contributed by atoms with van der Waals surface area (Å²) in [6.07, 6.45) is 3.97. The van der Waals surface area contributed by atoms with Gasteiger partial charge in [-0.2, -0.15) is 9.40 Å². The van der Waals surface area contributed by atoms with Crippen LogP contribution in [0.15, 0.2) is 35.5 Å².